The van der Waals surface area contributed by atoms with Crippen LogP contribution in [0.5, 0.6) is 0 Å². The molecule has 0 radical (unpaired) electrons. The molecule has 0 heterocycles. The topological polar surface area (TPSA) is 55.4 Å². The van der Waals surface area contributed by atoms with Gasteiger partial charge >= 0.3 is 18.1 Å². The summed E-state index contributed by atoms with van der Waals surface area (Å²) >= 11 is 0. The van der Waals surface area contributed by atoms with Gasteiger partial charge in [0.15, 0.2) is 0 Å². The van der Waals surface area contributed by atoms with E-state index in [2.05, 4.69) is 6.58 Å². The molecule has 120 valence electrons. The second kappa shape index (κ2) is 7.28. The maximum absolute atomic E-state index is 12.4. The Balaban J connectivity index is 5.32. The van der Waals surface area contributed by atoms with Crippen LogP contribution in [0.25, 0.3) is 0 Å². The molecule has 1 amide bonds. The maximum atomic E-state index is 12.4. The van der Waals surface area contributed by atoms with Crippen LogP contribution < -0.4 is 5.32 Å². The number of halogens is 3. The van der Waals surface area contributed by atoms with E-state index in [4.69, 9.17) is 4.74 Å². The molecule has 0 spiro atoms. The average Bonchev–Trinajstić information content (AvgIpc) is 2.29. The highest BCUT2D eigenvalue weighted by Crippen LogP contribution is 2.19. The fraction of sp³-hybridized carbons (Fsp3) is 0.571. The van der Waals surface area contributed by atoms with Crippen molar-refractivity contribution in [3.63, 3.8) is 0 Å². The average molecular weight is 307 g/mol. The molecule has 0 aromatic heterocycles. The fourth-order valence-corrected chi connectivity index (χ4v) is 1.45. The molecule has 21 heavy (non-hydrogen) atoms. The maximum Gasteiger partial charge on any atom is 0.471 e. The molecular formula is C14H20F3NO3. The highest BCUT2D eigenvalue weighted by Gasteiger charge is 2.42. The van der Waals surface area contributed by atoms with Crippen LogP contribution in [0.4, 0.5) is 13.2 Å². The third kappa shape index (κ3) is 6.97. The Morgan fingerprint density at radius 2 is 1.76 bits per heavy atom. The molecule has 2 atom stereocenters. The van der Waals surface area contributed by atoms with E-state index in [9.17, 15) is 22.8 Å². The van der Waals surface area contributed by atoms with E-state index in [0.717, 1.165) is 0 Å². The molecule has 0 bridgehead atoms. The lowest BCUT2D eigenvalue weighted by Crippen LogP contribution is -2.51. The van der Waals surface area contributed by atoms with Crippen molar-refractivity contribution in [2.45, 2.75) is 45.5 Å². The van der Waals surface area contributed by atoms with Gasteiger partial charge in [0.25, 0.3) is 0 Å². The summed E-state index contributed by atoms with van der Waals surface area (Å²) in [5, 5.41) is 1.65. The molecule has 7 heteroatoms. The van der Waals surface area contributed by atoms with E-state index in [1.165, 1.54) is 12.2 Å². The predicted molar refractivity (Wildman–Crippen MR) is 72.3 cm³/mol. The minimum absolute atomic E-state index is 0.809. The molecule has 0 saturated carbocycles. The summed E-state index contributed by atoms with van der Waals surface area (Å²) in [6, 6.07) is -1.49. The summed E-state index contributed by atoms with van der Waals surface area (Å²) in [5.74, 6) is -3.96. The standard InChI is InChI=1S/C14H20F3NO3/c1-6-8-9(7-2)10(11(19)21-13(3,4)5)18-12(20)14(15,16)17/h6-10H,2H2,1,3-5H3,(H,18,20)/b8-6+/t9-,10+/m0/s1. The first-order valence-electron chi connectivity index (χ1n) is 6.28. The number of esters is 1. The molecule has 0 saturated heterocycles. The molecule has 0 aliphatic carbocycles. The monoisotopic (exact) mass is 307 g/mol. The highest BCUT2D eigenvalue weighted by atomic mass is 19.4. The van der Waals surface area contributed by atoms with Crippen molar-refractivity contribution in [1.82, 2.24) is 5.32 Å². The molecule has 0 aliphatic heterocycles. The van der Waals surface area contributed by atoms with Gasteiger partial charge < -0.3 is 10.1 Å². The van der Waals surface area contributed by atoms with Gasteiger partial charge in [0.2, 0.25) is 0 Å². The second-order valence-electron chi connectivity index (χ2n) is 5.32. The third-order valence-electron chi connectivity index (χ3n) is 2.28. The molecule has 0 unspecified atom stereocenters. The van der Waals surface area contributed by atoms with Gasteiger partial charge in [-0.1, -0.05) is 18.2 Å². The van der Waals surface area contributed by atoms with Crippen molar-refractivity contribution < 1.29 is 27.5 Å². The van der Waals surface area contributed by atoms with Crippen molar-refractivity contribution in [2.24, 2.45) is 5.92 Å². The van der Waals surface area contributed by atoms with Crippen molar-refractivity contribution in [3.8, 4) is 0 Å². The summed E-state index contributed by atoms with van der Waals surface area (Å²) in [7, 11) is 0. The van der Waals surface area contributed by atoms with E-state index in [1.54, 1.807) is 39.1 Å². The van der Waals surface area contributed by atoms with Crippen molar-refractivity contribution in [3.05, 3.63) is 24.8 Å². The zero-order chi connectivity index (χ0) is 16.8. The van der Waals surface area contributed by atoms with Gasteiger partial charge in [0.1, 0.15) is 11.6 Å². The minimum atomic E-state index is -5.08. The molecular weight excluding hydrogens is 287 g/mol. The van der Waals surface area contributed by atoms with Crippen LogP contribution in [0.2, 0.25) is 0 Å². The van der Waals surface area contributed by atoms with E-state index >= 15 is 0 Å². The number of ether oxygens (including phenoxy) is 1. The molecule has 0 aliphatic rings. The van der Waals surface area contributed by atoms with E-state index in [0.29, 0.717) is 0 Å². The first kappa shape index (κ1) is 19.2. The van der Waals surface area contributed by atoms with Crippen LogP contribution >= 0.6 is 0 Å². The number of rotatable bonds is 5. The number of nitrogens with one attached hydrogen (secondary N) is 1. The highest BCUT2D eigenvalue weighted by molar-refractivity contribution is 5.88. The molecule has 0 fully saturated rings. The molecule has 0 rings (SSSR count). The van der Waals surface area contributed by atoms with Gasteiger partial charge in [-0.05, 0) is 27.7 Å². The SMILES string of the molecule is C=C[C@@H](/C=C/C)[C@@H](NC(=O)C(F)(F)F)C(=O)OC(C)(C)C. The van der Waals surface area contributed by atoms with Crippen LogP contribution in [0.15, 0.2) is 24.8 Å². The lowest BCUT2D eigenvalue weighted by Gasteiger charge is -2.27. The van der Waals surface area contributed by atoms with Crippen molar-refractivity contribution in [1.29, 1.82) is 0 Å². The Morgan fingerprint density at radius 1 is 1.24 bits per heavy atom. The van der Waals surface area contributed by atoms with Gasteiger partial charge in [-0.3, -0.25) is 4.79 Å². The summed E-state index contributed by atoms with van der Waals surface area (Å²) in [5.41, 5.74) is -0.889. The molecule has 0 aromatic rings. The summed E-state index contributed by atoms with van der Waals surface area (Å²) in [6.45, 7) is 9.82. The van der Waals surface area contributed by atoms with Crippen LogP contribution in [-0.2, 0) is 14.3 Å². The van der Waals surface area contributed by atoms with Crippen molar-refractivity contribution in [2.75, 3.05) is 0 Å². The number of amides is 1. The smallest absolute Gasteiger partial charge is 0.458 e. The quantitative estimate of drug-likeness (QED) is 0.627. The van der Waals surface area contributed by atoms with Gasteiger partial charge in [-0.2, -0.15) is 13.2 Å². The zero-order valence-corrected chi connectivity index (χ0v) is 12.5. The predicted octanol–water partition coefficient (Wildman–Crippen LogP) is 2.75. The Kier molecular flexibility index (Phi) is 6.66. The lowest BCUT2D eigenvalue weighted by molar-refractivity contribution is -0.177. The van der Waals surface area contributed by atoms with Crippen LogP contribution in [0, 0.1) is 5.92 Å². The minimum Gasteiger partial charge on any atom is -0.458 e. The van der Waals surface area contributed by atoms with E-state index in [-0.39, 0.29) is 0 Å². The summed E-state index contributed by atoms with van der Waals surface area (Å²) in [6.07, 6.45) is -0.811. The first-order valence-corrected chi connectivity index (χ1v) is 6.28. The zero-order valence-electron chi connectivity index (χ0n) is 12.5. The van der Waals surface area contributed by atoms with Crippen molar-refractivity contribution >= 4 is 11.9 Å². The Labute approximate surface area is 122 Å². The normalized spacial score (nSPS) is 15.4. The number of carbonyl (C=O) groups excluding carboxylic acids is 2. The molecule has 1 N–H and O–H groups in total. The largest absolute Gasteiger partial charge is 0.471 e. The number of hydrogen-bond donors (Lipinski definition) is 1. The van der Waals surface area contributed by atoms with E-state index in [1.807, 2.05) is 0 Å². The number of allylic oxidation sites excluding steroid dienone is 1. The molecule has 4 nitrogen and oxygen atoms in total. The van der Waals surface area contributed by atoms with Gasteiger partial charge in [-0.25, -0.2) is 4.79 Å². The van der Waals surface area contributed by atoms with Crippen LogP contribution in [0.3, 0.4) is 0 Å². The Bertz CT molecular complexity index is 422. The van der Waals surface area contributed by atoms with Gasteiger partial charge in [0, 0.05) is 5.92 Å². The van der Waals surface area contributed by atoms with Crippen LogP contribution in [-0.4, -0.2) is 29.7 Å². The van der Waals surface area contributed by atoms with E-state index < -0.39 is 35.6 Å². The fourth-order valence-electron chi connectivity index (χ4n) is 1.45. The Hall–Kier alpha value is -1.79. The van der Waals surface area contributed by atoms with Gasteiger partial charge in [0.05, 0.1) is 0 Å². The van der Waals surface area contributed by atoms with Crippen LogP contribution in [0.1, 0.15) is 27.7 Å². The molecule has 0 aromatic carbocycles. The lowest BCUT2D eigenvalue weighted by atomic mass is 9.98. The summed E-state index contributed by atoms with van der Waals surface area (Å²) < 4.78 is 42.1. The number of alkyl halides is 3. The van der Waals surface area contributed by atoms with Gasteiger partial charge in [-0.15, -0.1) is 6.58 Å². The second-order valence-corrected chi connectivity index (χ2v) is 5.32. The Morgan fingerprint density at radius 3 is 2.10 bits per heavy atom. The summed E-state index contributed by atoms with van der Waals surface area (Å²) in [4.78, 5) is 23.1. The number of carbonyl (C=O) groups is 2. The third-order valence-corrected chi connectivity index (χ3v) is 2.28. The number of hydrogen-bond acceptors (Lipinski definition) is 3. The first-order chi connectivity index (χ1) is 9.42.